The van der Waals surface area contributed by atoms with Gasteiger partial charge in [0.05, 0.1) is 17.8 Å². The second-order valence-corrected chi connectivity index (χ2v) is 7.27. The first-order chi connectivity index (χ1) is 11.1. The van der Waals surface area contributed by atoms with Gasteiger partial charge in [0.2, 0.25) is 5.91 Å². The first kappa shape index (κ1) is 14.7. The van der Waals surface area contributed by atoms with Crippen LogP contribution in [0.5, 0.6) is 0 Å². The molecule has 124 valence electrons. The van der Waals surface area contributed by atoms with E-state index < -0.39 is 5.97 Å². The Morgan fingerprint density at radius 1 is 1.09 bits per heavy atom. The summed E-state index contributed by atoms with van der Waals surface area (Å²) < 4.78 is 1.75. The van der Waals surface area contributed by atoms with Crippen LogP contribution in [0.4, 0.5) is 0 Å². The van der Waals surface area contributed by atoms with Crippen LogP contribution < -0.4 is 0 Å². The highest BCUT2D eigenvalue weighted by Crippen LogP contribution is 2.50. The van der Waals surface area contributed by atoms with Gasteiger partial charge in [-0.15, -0.1) is 0 Å². The van der Waals surface area contributed by atoms with E-state index in [1.165, 1.54) is 31.9 Å². The fourth-order valence-electron chi connectivity index (χ4n) is 3.91. The molecule has 1 aliphatic heterocycles. The van der Waals surface area contributed by atoms with Gasteiger partial charge in [0.1, 0.15) is 0 Å². The van der Waals surface area contributed by atoms with E-state index in [4.69, 9.17) is 5.11 Å². The molecule has 0 spiro atoms. The highest BCUT2D eigenvalue weighted by atomic mass is 16.4. The van der Waals surface area contributed by atoms with E-state index in [9.17, 15) is 9.59 Å². The third kappa shape index (κ3) is 2.99. The van der Waals surface area contributed by atoms with Crippen molar-refractivity contribution in [2.75, 3.05) is 13.1 Å². The van der Waals surface area contributed by atoms with Crippen molar-refractivity contribution in [1.82, 2.24) is 14.7 Å². The number of rotatable bonds is 5. The first-order valence-electron chi connectivity index (χ1n) is 8.69. The number of aromatic nitrogens is 2. The smallest absolute Gasteiger partial charge is 0.338 e. The number of hydrogen-bond donors (Lipinski definition) is 1. The van der Waals surface area contributed by atoms with Crippen molar-refractivity contribution in [3.63, 3.8) is 0 Å². The number of carboxylic acid groups (broad SMARTS) is 1. The van der Waals surface area contributed by atoms with Gasteiger partial charge in [-0.2, -0.15) is 5.10 Å². The summed E-state index contributed by atoms with van der Waals surface area (Å²) in [6.45, 7) is 1.53. The minimum absolute atomic E-state index is 0.201. The van der Waals surface area contributed by atoms with E-state index in [1.807, 2.05) is 4.90 Å². The maximum atomic E-state index is 12.8. The third-order valence-corrected chi connectivity index (χ3v) is 5.54. The number of nitrogens with zero attached hydrogens (tertiary/aromatic N) is 3. The molecule has 1 aromatic rings. The summed E-state index contributed by atoms with van der Waals surface area (Å²) in [7, 11) is 0. The predicted octanol–water partition coefficient (Wildman–Crippen LogP) is 2.18. The zero-order valence-corrected chi connectivity index (χ0v) is 13.2. The zero-order chi connectivity index (χ0) is 16.0. The van der Waals surface area contributed by atoms with Crippen LogP contribution in [0.1, 0.15) is 54.9 Å². The number of piperidine rings is 1. The number of hydrogen-bond acceptors (Lipinski definition) is 3. The number of likely N-dealkylation sites (tertiary alicyclic amines) is 1. The summed E-state index contributed by atoms with van der Waals surface area (Å²) >= 11 is 0. The lowest BCUT2D eigenvalue weighted by atomic mass is 9.94. The van der Waals surface area contributed by atoms with Gasteiger partial charge in [-0.1, -0.05) is 0 Å². The minimum atomic E-state index is -0.944. The van der Waals surface area contributed by atoms with Gasteiger partial charge in [0, 0.05) is 25.2 Å². The van der Waals surface area contributed by atoms with Crippen LogP contribution in [0.2, 0.25) is 0 Å². The van der Waals surface area contributed by atoms with E-state index in [1.54, 1.807) is 10.9 Å². The predicted molar refractivity (Wildman–Crippen MR) is 83.0 cm³/mol. The van der Waals surface area contributed by atoms with Crippen molar-refractivity contribution in [3.8, 4) is 0 Å². The molecule has 6 heteroatoms. The first-order valence-corrected chi connectivity index (χ1v) is 8.69. The topological polar surface area (TPSA) is 75.4 Å². The Kier molecular flexibility index (Phi) is 3.62. The largest absolute Gasteiger partial charge is 0.478 e. The third-order valence-electron chi connectivity index (χ3n) is 5.54. The Hall–Kier alpha value is -1.85. The molecular formula is C17H23N3O3. The molecule has 4 rings (SSSR count). The van der Waals surface area contributed by atoms with Crippen molar-refractivity contribution in [2.24, 2.45) is 17.8 Å². The molecule has 1 amide bonds. The molecule has 0 radical (unpaired) electrons. The summed E-state index contributed by atoms with van der Waals surface area (Å²) in [6, 6.07) is 0.201. The summed E-state index contributed by atoms with van der Waals surface area (Å²) in [5, 5.41) is 13.2. The number of amides is 1. The average molecular weight is 317 g/mol. The highest BCUT2D eigenvalue weighted by molar-refractivity contribution is 5.86. The average Bonchev–Trinajstić information content (AvgIpc) is 3.49. The Balaban J connectivity index is 1.36. The number of carboxylic acids is 1. The lowest BCUT2D eigenvalue weighted by Gasteiger charge is -2.34. The molecule has 3 aliphatic rings. The second kappa shape index (κ2) is 5.65. The Labute approximate surface area is 135 Å². The Bertz CT molecular complexity index is 598. The molecule has 0 unspecified atom stereocenters. The maximum absolute atomic E-state index is 12.8. The van der Waals surface area contributed by atoms with E-state index >= 15 is 0 Å². The van der Waals surface area contributed by atoms with Gasteiger partial charge >= 0.3 is 5.97 Å². The van der Waals surface area contributed by atoms with Gasteiger partial charge in [0.15, 0.2) is 0 Å². The van der Waals surface area contributed by atoms with Crippen molar-refractivity contribution in [2.45, 2.75) is 44.6 Å². The van der Waals surface area contributed by atoms with Crippen LogP contribution in [0, 0.1) is 17.8 Å². The van der Waals surface area contributed by atoms with Crippen LogP contribution in [0.3, 0.4) is 0 Å². The van der Waals surface area contributed by atoms with Crippen molar-refractivity contribution < 1.29 is 14.7 Å². The van der Waals surface area contributed by atoms with Crippen molar-refractivity contribution in [1.29, 1.82) is 0 Å². The fraction of sp³-hybridized carbons (Fsp3) is 0.706. The quantitative estimate of drug-likeness (QED) is 0.903. The maximum Gasteiger partial charge on any atom is 0.338 e. The van der Waals surface area contributed by atoms with Gasteiger partial charge in [-0.05, 0) is 50.4 Å². The van der Waals surface area contributed by atoms with Crippen LogP contribution in [-0.2, 0) is 4.79 Å². The summed E-state index contributed by atoms with van der Waals surface area (Å²) in [6.07, 6.45) is 9.63. The van der Waals surface area contributed by atoms with E-state index in [2.05, 4.69) is 5.10 Å². The number of aromatic carboxylic acids is 1. The number of carbonyl (C=O) groups is 2. The molecular weight excluding hydrogens is 294 g/mol. The fourth-order valence-corrected chi connectivity index (χ4v) is 3.91. The highest BCUT2D eigenvalue weighted by Gasteiger charge is 2.47. The van der Waals surface area contributed by atoms with Crippen LogP contribution in [-0.4, -0.2) is 44.8 Å². The van der Waals surface area contributed by atoms with Gasteiger partial charge < -0.3 is 10.0 Å². The monoisotopic (exact) mass is 317 g/mol. The molecule has 0 aromatic carbocycles. The molecule has 2 heterocycles. The van der Waals surface area contributed by atoms with Crippen LogP contribution >= 0.6 is 0 Å². The zero-order valence-electron chi connectivity index (χ0n) is 13.2. The lowest BCUT2D eigenvalue weighted by molar-refractivity contribution is -0.138. The molecule has 2 saturated carbocycles. The normalized spacial score (nSPS) is 22.6. The van der Waals surface area contributed by atoms with Crippen LogP contribution in [0.15, 0.2) is 12.4 Å². The van der Waals surface area contributed by atoms with E-state index in [-0.39, 0.29) is 17.5 Å². The molecule has 1 saturated heterocycles. The molecule has 0 atom stereocenters. The molecule has 23 heavy (non-hydrogen) atoms. The van der Waals surface area contributed by atoms with E-state index in [0.29, 0.717) is 17.7 Å². The Morgan fingerprint density at radius 2 is 1.70 bits per heavy atom. The molecule has 3 fully saturated rings. The lowest BCUT2D eigenvalue weighted by Crippen LogP contribution is -2.43. The standard InChI is InChI=1S/C17H23N3O3/c21-16(15(11-1-2-11)12-3-4-12)19-7-5-14(6-8-19)20-10-13(9-18-20)17(22)23/h9-12,14-15H,1-8H2,(H,22,23). The minimum Gasteiger partial charge on any atom is -0.478 e. The van der Waals surface area contributed by atoms with Crippen molar-refractivity contribution in [3.05, 3.63) is 18.0 Å². The van der Waals surface area contributed by atoms with Gasteiger partial charge in [-0.25, -0.2) is 4.79 Å². The van der Waals surface area contributed by atoms with E-state index in [0.717, 1.165) is 25.9 Å². The number of carbonyl (C=O) groups excluding carboxylic acids is 1. The van der Waals surface area contributed by atoms with Crippen molar-refractivity contribution >= 4 is 11.9 Å². The van der Waals surface area contributed by atoms with Gasteiger partial charge in [0.25, 0.3) is 0 Å². The molecule has 1 aromatic heterocycles. The molecule has 2 aliphatic carbocycles. The summed E-state index contributed by atoms with van der Waals surface area (Å²) in [5.41, 5.74) is 0.228. The summed E-state index contributed by atoms with van der Waals surface area (Å²) in [4.78, 5) is 25.8. The Morgan fingerprint density at radius 3 is 2.17 bits per heavy atom. The van der Waals surface area contributed by atoms with Gasteiger partial charge in [-0.3, -0.25) is 9.48 Å². The molecule has 6 nitrogen and oxygen atoms in total. The SMILES string of the molecule is O=C(O)c1cnn(C2CCN(C(=O)C(C3CC3)C3CC3)CC2)c1. The second-order valence-electron chi connectivity index (χ2n) is 7.27. The molecule has 0 bridgehead atoms. The summed E-state index contributed by atoms with van der Waals surface area (Å²) in [5.74, 6) is 1.02. The van der Waals surface area contributed by atoms with Crippen LogP contribution in [0.25, 0.3) is 0 Å². The molecule has 1 N–H and O–H groups in total.